The zero-order chi connectivity index (χ0) is 44.9. The van der Waals surface area contributed by atoms with Gasteiger partial charge in [0.25, 0.3) is 0 Å². The first-order valence-corrected chi connectivity index (χ1v) is 23.5. The van der Waals surface area contributed by atoms with Crippen molar-refractivity contribution in [3.05, 3.63) is 0 Å². The minimum Gasteiger partial charge on any atom is -0.481 e. The Hall–Kier alpha value is -2.79. The molecular weight excluding hydrogens is 844 g/mol. The van der Waals surface area contributed by atoms with Crippen LogP contribution in [0.4, 0.5) is 0 Å². The van der Waals surface area contributed by atoms with E-state index in [4.69, 9.17) is 24.1 Å². The number of carbonyl (C=O) groups excluding carboxylic acids is 5. The van der Waals surface area contributed by atoms with Crippen LogP contribution in [-0.4, -0.2) is 123 Å². The number of ketones is 3. The highest BCUT2D eigenvalue weighted by Crippen LogP contribution is 2.17. The number of alkyl halides is 1. The van der Waals surface area contributed by atoms with Crippen LogP contribution in [0.15, 0.2) is 0 Å². The molecule has 0 heterocycles. The summed E-state index contributed by atoms with van der Waals surface area (Å²) in [5.74, 6) is -2.75. The van der Waals surface area contributed by atoms with Gasteiger partial charge in [-0.1, -0.05) is 93.0 Å². The Labute approximate surface area is 368 Å². The molecule has 16 heteroatoms. The summed E-state index contributed by atoms with van der Waals surface area (Å²) in [6, 6.07) is 0. The van der Waals surface area contributed by atoms with Gasteiger partial charge in [-0.2, -0.15) is 0 Å². The van der Waals surface area contributed by atoms with Gasteiger partial charge in [0.15, 0.2) is 5.78 Å². The summed E-state index contributed by atoms with van der Waals surface area (Å²) in [5.41, 5.74) is 0. The molecule has 0 bridgehead atoms. The van der Waals surface area contributed by atoms with Crippen molar-refractivity contribution in [2.45, 2.75) is 162 Å². The maximum Gasteiger partial charge on any atom is 0.306 e. The van der Waals surface area contributed by atoms with Crippen molar-refractivity contribution in [3.63, 3.8) is 0 Å². The van der Waals surface area contributed by atoms with Crippen molar-refractivity contribution in [2.24, 2.45) is 5.92 Å². The minimum atomic E-state index is -1.01. The Kier molecular flexibility index (Phi) is 45.2. The molecule has 0 aliphatic rings. The predicted molar refractivity (Wildman–Crippen MR) is 234 cm³/mol. The molecule has 0 spiro atoms. The van der Waals surface area contributed by atoms with E-state index in [2.05, 4.69) is 26.6 Å². The summed E-state index contributed by atoms with van der Waals surface area (Å²) >= 11 is 3.09. The lowest BCUT2D eigenvalue weighted by Gasteiger charge is -2.12. The van der Waals surface area contributed by atoms with Crippen LogP contribution in [0.5, 0.6) is 0 Å². The van der Waals surface area contributed by atoms with E-state index in [1.807, 2.05) is 13.8 Å². The number of hydrogen-bond donors (Lipinski definition) is 4. The highest BCUT2D eigenvalue weighted by Gasteiger charge is 2.22. The average molecular weight is 924 g/mol. The van der Waals surface area contributed by atoms with Crippen LogP contribution in [0.2, 0.25) is 0 Å². The highest BCUT2D eigenvalue weighted by atomic mass is 79.9. The van der Waals surface area contributed by atoms with Gasteiger partial charge in [0.1, 0.15) is 24.8 Å². The van der Waals surface area contributed by atoms with Gasteiger partial charge in [0, 0.05) is 71.4 Å². The number of Topliss-reactive ketones (excluding diaryl/α,β-unsaturated/α-hetero) is 3. The fraction of sp³-hybridized carbons (Fsp3) is 0.841. The van der Waals surface area contributed by atoms with Gasteiger partial charge >= 0.3 is 11.9 Å². The van der Waals surface area contributed by atoms with Crippen LogP contribution in [-0.2, 0) is 52.5 Å². The molecule has 60 heavy (non-hydrogen) atoms. The smallest absolute Gasteiger partial charge is 0.306 e. The van der Waals surface area contributed by atoms with E-state index in [1.54, 1.807) is 0 Å². The summed E-state index contributed by atoms with van der Waals surface area (Å²) in [4.78, 5) is 79.7. The van der Waals surface area contributed by atoms with Crippen LogP contribution in [0.3, 0.4) is 0 Å². The number of aliphatic carboxylic acids is 2. The Bertz CT molecular complexity index is 1130. The molecule has 0 aliphatic carbocycles. The second-order valence-corrected chi connectivity index (χ2v) is 15.3. The molecule has 0 unspecified atom stereocenters. The van der Waals surface area contributed by atoms with E-state index in [0.29, 0.717) is 96.6 Å². The molecular formula is C44H79BrN2O13. The normalized spacial score (nSPS) is 11.3. The summed E-state index contributed by atoms with van der Waals surface area (Å²) in [6.07, 6.45) is 18.9. The number of ether oxygens (including phenoxy) is 4. The zero-order valence-corrected chi connectivity index (χ0v) is 38.5. The molecule has 0 radical (unpaired) electrons. The van der Waals surface area contributed by atoms with E-state index >= 15 is 0 Å². The number of carboxylic acids is 2. The zero-order valence-electron chi connectivity index (χ0n) is 36.9. The van der Waals surface area contributed by atoms with Gasteiger partial charge in [0.05, 0.1) is 31.1 Å². The quantitative estimate of drug-likeness (QED) is 0.0352. The number of halogens is 1. The standard InChI is InChI=1S/C28H51NO7.C16H28BrNO6/c1-2-36-22-21-29-26(31)20-19-24(28(34)35)23-25(30)17-15-13-11-9-7-5-3-4-6-8-10-12-14-16-18-27(32)33;1-2-22-12-15(20)6-4-8-23-9-10-24-13-16(21)18-7-3-5-14(19)11-17/h24H,2-23H2,1H3,(H,29,31)(H,32,33)(H,34,35);2-13H2,1H3,(H,18,21)/t24-;/m1./s1. The van der Waals surface area contributed by atoms with Gasteiger partial charge in [-0.3, -0.25) is 33.6 Å². The third-order valence-corrected chi connectivity index (χ3v) is 9.96. The number of amides is 2. The first kappa shape index (κ1) is 59.3. The number of carboxylic acid groups (broad SMARTS) is 2. The molecule has 0 saturated carbocycles. The first-order chi connectivity index (χ1) is 29.0. The molecule has 0 fully saturated rings. The SMILES string of the molecule is CCOCC(=O)CCCOCCOCC(=O)NCCCC(=O)CBr.CCOCCNC(=O)CC[C@H](CC(=O)CCCCCCCCCCCCCCCCC(=O)O)C(=O)O. The van der Waals surface area contributed by atoms with E-state index < -0.39 is 17.9 Å². The summed E-state index contributed by atoms with van der Waals surface area (Å²) in [6.45, 7) is 7.48. The molecule has 0 aromatic rings. The van der Waals surface area contributed by atoms with E-state index in [0.717, 1.165) is 38.5 Å². The monoisotopic (exact) mass is 922 g/mol. The third-order valence-electron chi connectivity index (χ3n) is 9.33. The predicted octanol–water partition coefficient (Wildman–Crippen LogP) is 7.17. The molecule has 350 valence electrons. The number of nitrogens with one attached hydrogen (secondary N) is 2. The number of carbonyl (C=O) groups is 7. The van der Waals surface area contributed by atoms with Crippen molar-refractivity contribution in [1.82, 2.24) is 10.6 Å². The lowest BCUT2D eigenvalue weighted by Crippen LogP contribution is -2.29. The molecule has 0 rings (SSSR count). The Balaban J connectivity index is 0. The van der Waals surface area contributed by atoms with E-state index in [9.17, 15) is 38.7 Å². The van der Waals surface area contributed by atoms with Crippen LogP contribution < -0.4 is 10.6 Å². The lowest BCUT2D eigenvalue weighted by atomic mass is 9.94. The van der Waals surface area contributed by atoms with E-state index in [-0.39, 0.29) is 61.6 Å². The third kappa shape index (κ3) is 46.3. The Morgan fingerprint density at radius 2 is 1.00 bits per heavy atom. The van der Waals surface area contributed by atoms with Crippen molar-refractivity contribution < 1.29 is 62.7 Å². The largest absolute Gasteiger partial charge is 0.481 e. The maximum atomic E-state index is 12.2. The first-order valence-electron chi connectivity index (χ1n) is 22.4. The number of unbranched alkanes of at least 4 members (excludes halogenated alkanes) is 13. The van der Waals surface area contributed by atoms with Gasteiger partial charge in [0.2, 0.25) is 11.8 Å². The molecule has 2 amide bonds. The van der Waals surface area contributed by atoms with Crippen molar-refractivity contribution >= 4 is 57.0 Å². The Morgan fingerprint density at radius 1 is 0.483 bits per heavy atom. The molecule has 0 aliphatic heterocycles. The summed E-state index contributed by atoms with van der Waals surface area (Å²) in [5, 5.41) is 23.7. The van der Waals surface area contributed by atoms with Crippen LogP contribution >= 0.6 is 15.9 Å². The number of hydrogen-bond acceptors (Lipinski definition) is 11. The van der Waals surface area contributed by atoms with Crippen LogP contribution in [0.25, 0.3) is 0 Å². The van der Waals surface area contributed by atoms with Gasteiger partial charge in [-0.05, 0) is 46.0 Å². The van der Waals surface area contributed by atoms with Crippen LogP contribution in [0, 0.1) is 5.92 Å². The molecule has 0 aromatic heterocycles. The second-order valence-electron chi connectivity index (χ2n) is 14.8. The summed E-state index contributed by atoms with van der Waals surface area (Å²) in [7, 11) is 0. The molecule has 15 nitrogen and oxygen atoms in total. The maximum absolute atomic E-state index is 12.2. The van der Waals surface area contributed by atoms with Crippen molar-refractivity contribution in [1.29, 1.82) is 0 Å². The second kappa shape index (κ2) is 45.7. The molecule has 4 N–H and O–H groups in total. The highest BCUT2D eigenvalue weighted by molar-refractivity contribution is 9.09. The Morgan fingerprint density at radius 3 is 1.55 bits per heavy atom. The summed E-state index contributed by atoms with van der Waals surface area (Å²) < 4.78 is 20.7. The van der Waals surface area contributed by atoms with Crippen molar-refractivity contribution in [2.75, 3.05) is 71.3 Å². The van der Waals surface area contributed by atoms with Crippen LogP contribution in [0.1, 0.15) is 162 Å². The van der Waals surface area contributed by atoms with Gasteiger partial charge < -0.3 is 39.8 Å². The number of rotatable bonds is 44. The topological polar surface area (TPSA) is 221 Å². The molecule has 0 saturated heterocycles. The molecule has 0 aromatic carbocycles. The molecule has 1 atom stereocenters. The fourth-order valence-corrected chi connectivity index (χ4v) is 6.17. The fourth-order valence-electron chi connectivity index (χ4n) is 5.89. The average Bonchev–Trinajstić information content (AvgIpc) is 3.22. The minimum absolute atomic E-state index is 0.00386. The van der Waals surface area contributed by atoms with E-state index in [1.165, 1.54) is 51.4 Å². The van der Waals surface area contributed by atoms with Gasteiger partial charge in [-0.25, -0.2) is 0 Å². The van der Waals surface area contributed by atoms with Crippen molar-refractivity contribution in [3.8, 4) is 0 Å². The van der Waals surface area contributed by atoms with Gasteiger partial charge in [-0.15, -0.1) is 0 Å². The lowest BCUT2D eigenvalue weighted by molar-refractivity contribution is -0.144.